The van der Waals surface area contributed by atoms with Crippen LogP contribution in [-0.2, 0) is 16.1 Å². The van der Waals surface area contributed by atoms with E-state index >= 15 is 0 Å². The molecule has 1 aromatic rings. The van der Waals surface area contributed by atoms with Crippen LogP contribution in [0.15, 0.2) is 18.2 Å². The van der Waals surface area contributed by atoms with Crippen molar-refractivity contribution in [2.75, 3.05) is 0 Å². The molecule has 5 heteroatoms. The van der Waals surface area contributed by atoms with E-state index in [9.17, 15) is 14.0 Å². The largest absolute Gasteiger partial charge is 0.353 e. The van der Waals surface area contributed by atoms with Gasteiger partial charge in [0, 0.05) is 25.4 Å². The number of rotatable bonds is 4. The Morgan fingerprint density at radius 2 is 2.30 bits per heavy atom. The summed E-state index contributed by atoms with van der Waals surface area (Å²) in [5.74, 6) is -0.385. The average Bonchev–Trinajstić information content (AvgIpc) is 2.40. The lowest BCUT2D eigenvalue weighted by atomic mass is 10.0. The van der Waals surface area contributed by atoms with E-state index in [2.05, 4.69) is 10.6 Å². The maximum absolute atomic E-state index is 13.4. The molecule has 0 radical (unpaired) electrons. The molecule has 0 aromatic heterocycles. The van der Waals surface area contributed by atoms with Crippen LogP contribution in [-0.4, -0.2) is 17.9 Å². The van der Waals surface area contributed by atoms with Crippen molar-refractivity contribution in [2.24, 2.45) is 0 Å². The van der Waals surface area contributed by atoms with Gasteiger partial charge in [0.2, 0.25) is 11.8 Å². The molecule has 1 unspecified atom stereocenters. The van der Waals surface area contributed by atoms with Gasteiger partial charge in [0.25, 0.3) is 0 Å². The number of piperidine rings is 1. The molecular weight excluding hydrogens is 259 g/mol. The van der Waals surface area contributed by atoms with Crippen LogP contribution >= 0.6 is 0 Å². The van der Waals surface area contributed by atoms with E-state index in [0.29, 0.717) is 18.5 Å². The van der Waals surface area contributed by atoms with E-state index in [0.717, 1.165) is 18.4 Å². The highest BCUT2D eigenvalue weighted by atomic mass is 19.1. The molecular formula is C15H19FN2O2. The SMILES string of the molecule is Cc1ccc(CNC(=O)CC2CCCC(=O)N2)cc1F. The third kappa shape index (κ3) is 4.05. The fraction of sp³-hybridized carbons (Fsp3) is 0.467. The summed E-state index contributed by atoms with van der Waals surface area (Å²) in [6.45, 7) is 2.00. The maximum atomic E-state index is 13.4. The second-order valence-corrected chi connectivity index (χ2v) is 5.22. The Balaban J connectivity index is 1.79. The highest BCUT2D eigenvalue weighted by Gasteiger charge is 2.20. The zero-order valence-electron chi connectivity index (χ0n) is 11.5. The smallest absolute Gasteiger partial charge is 0.222 e. The second kappa shape index (κ2) is 6.50. The zero-order chi connectivity index (χ0) is 14.5. The Kier molecular flexibility index (Phi) is 4.71. The third-order valence-electron chi connectivity index (χ3n) is 3.48. The molecule has 1 heterocycles. The van der Waals surface area contributed by atoms with Crippen LogP contribution in [0.1, 0.15) is 36.8 Å². The standard InChI is InChI=1S/C15H19FN2O2/c1-10-5-6-11(7-13(10)16)9-17-15(20)8-12-3-2-4-14(19)18-12/h5-7,12H,2-4,8-9H2,1H3,(H,17,20)(H,18,19). The van der Waals surface area contributed by atoms with E-state index in [4.69, 9.17) is 0 Å². The quantitative estimate of drug-likeness (QED) is 0.882. The van der Waals surface area contributed by atoms with E-state index in [1.807, 2.05) is 0 Å². The summed E-state index contributed by atoms with van der Waals surface area (Å²) in [4.78, 5) is 23.0. The molecule has 4 nitrogen and oxygen atoms in total. The summed E-state index contributed by atoms with van der Waals surface area (Å²) in [5, 5.41) is 5.55. The number of benzene rings is 1. The predicted octanol–water partition coefficient (Wildman–Crippen LogP) is 1.81. The molecule has 1 saturated heterocycles. The summed E-state index contributed by atoms with van der Waals surface area (Å²) in [6, 6.07) is 4.84. The molecule has 108 valence electrons. The number of nitrogens with one attached hydrogen (secondary N) is 2. The first-order valence-corrected chi connectivity index (χ1v) is 6.85. The minimum absolute atomic E-state index is 0.00894. The third-order valence-corrected chi connectivity index (χ3v) is 3.48. The minimum Gasteiger partial charge on any atom is -0.353 e. The zero-order valence-corrected chi connectivity index (χ0v) is 11.5. The molecule has 0 saturated carbocycles. The number of hydrogen-bond donors (Lipinski definition) is 2. The van der Waals surface area contributed by atoms with E-state index in [1.54, 1.807) is 19.1 Å². The van der Waals surface area contributed by atoms with Crippen molar-refractivity contribution in [3.05, 3.63) is 35.1 Å². The number of amides is 2. The summed E-state index contributed by atoms with van der Waals surface area (Å²) in [5.41, 5.74) is 1.32. The van der Waals surface area contributed by atoms with Crippen LogP contribution in [0.4, 0.5) is 4.39 Å². The van der Waals surface area contributed by atoms with Gasteiger partial charge in [-0.05, 0) is 37.0 Å². The lowest BCUT2D eigenvalue weighted by Crippen LogP contribution is -2.41. The molecule has 0 spiro atoms. The lowest BCUT2D eigenvalue weighted by Gasteiger charge is -2.22. The Bertz CT molecular complexity index is 517. The molecule has 1 atom stereocenters. The molecule has 1 aromatic carbocycles. The highest BCUT2D eigenvalue weighted by molar-refractivity contribution is 5.80. The van der Waals surface area contributed by atoms with Crippen molar-refractivity contribution >= 4 is 11.8 Å². The number of halogens is 1. The Morgan fingerprint density at radius 1 is 1.50 bits per heavy atom. The van der Waals surface area contributed by atoms with Crippen molar-refractivity contribution in [2.45, 2.75) is 45.2 Å². The van der Waals surface area contributed by atoms with Crippen molar-refractivity contribution in [1.29, 1.82) is 0 Å². The average molecular weight is 278 g/mol. The highest BCUT2D eigenvalue weighted by Crippen LogP contribution is 2.12. The Morgan fingerprint density at radius 3 is 3.00 bits per heavy atom. The van der Waals surface area contributed by atoms with Gasteiger partial charge in [-0.1, -0.05) is 12.1 Å². The van der Waals surface area contributed by atoms with E-state index < -0.39 is 0 Å². The van der Waals surface area contributed by atoms with Gasteiger partial charge < -0.3 is 10.6 Å². The molecule has 1 fully saturated rings. The van der Waals surface area contributed by atoms with Gasteiger partial charge in [-0.25, -0.2) is 4.39 Å². The van der Waals surface area contributed by atoms with Gasteiger partial charge in [0.1, 0.15) is 5.82 Å². The molecule has 2 rings (SSSR count). The molecule has 1 aliphatic rings. The first kappa shape index (κ1) is 14.5. The van der Waals surface area contributed by atoms with Gasteiger partial charge in [-0.2, -0.15) is 0 Å². The first-order valence-electron chi connectivity index (χ1n) is 6.85. The number of carbonyl (C=O) groups excluding carboxylic acids is 2. The van der Waals surface area contributed by atoms with E-state index in [-0.39, 0.29) is 30.1 Å². The van der Waals surface area contributed by atoms with Crippen molar-refractivity contribution in [1.82, 2.24) is 10.6 Å². The van der Waals surface area contributed by atoms with Crippen LogP contribution in [0.5, 0.6) is 0 Å². The van der Waals surface area contributed by atoms with Gasteiger partial charge in [-0.15, -0.1) is 0 Å². The van der Waals surface area contributed by atoms with Crippen molar-refractivity contribution in [3.8, 4) is 0 Å². The normalized spacial score (nSPS) is 18.5. The second-order valence-electron chi connectivity index (χ2n) is 5.22. The number of carbonyl (C=O) groups is 2. The van der Waals surface area contributed by atoms with Gasteiger partial charge in [-0.3, -0.25) is 9.59 Å². The molecule has 1 aliphatic heterocycles. The molecule has 2 N–H and O–H groups in total. The summed E-state index contributed by atoms with van der Waals surface area (Å²) in [6.07, 6.45) is 2.48. The van der Waals surface area contributed by atoms with Crippen molar-refractivity contribution < 1.29 is 14.0 Å². The fourth-order valence-corrected chi connectivity index (χ4v) is 2.28. The minimum atomic E-state index is -0.267. The van der Waals surface area contributed by atoms with Gasteiger partial charge in [0.15, 0.2) is 0 Å². The topological polar surface area (TPSA) is 58.2 Å². The molecule has 2 amide bonds. The van der Waals surface area contributed by atoms with Crippen LogP contribution in [0.3, 0.4) is 0 Å². The van der Waals surface area contributed by atoms with Crippen LogP contribution in [0.2, 0.25) is 0 Å². The Labute approximate surface area is 117 Å². The van der Waals surface area contributed by atoms with E-state index in [1.165, 1.54) is 6.07 Å². The fourth-order valence-electron chi connectivity index (χ4n) is 2.28. The summed E-state index contributed by atoms with van der Waals surface area (Å²) >= 11 is 0. The number of hydrogen-bond acceptors (Lipinski definition) is 2. The summed E-state index contributed by atoms with van der Waals surface area (Å²) < 4.78 is 13.4. The van der Waals surface area contributed by atoms with Crippen LogP contribution in [0, 0.1) is 12.7 Å². The van der Waals surface area contributed by atoms with Gasteiger partial charge >= 0.3 is 0 Å². The van der Waals surface area contributed by atoms with Gasteiger partial charge in [0.05, 0.1) is 0 Å². The van der Waals surface area contributed by atoms with Crippen LogP contribution in [0.25, 0.3) is 0 Å². The first-order chi connectivity index (χ1) is 9.54. The van der Waals surface area contributed by atoms with Crippen molar-refractivity contribution in [3.63, 3.8) is 0 Å². The monoisotopic (exact) mass is 278 g/mol. The maximum Gasteiger partial charge on any atom is 0.222 e. The molecule has 0 aliphatic carbocycles. The lowest BCUT2D eigenvalue weighted by molar-refractivity contribution is -0.125. The molecule has 0 bridgehead atoms. The summed E-state index contributed by atoms with van der Waals surface area (Å²) in [7, 11) is 0. The van der Waals surface area contributed by atoms with Crippen LogP contribution < -0.4 is 10.6 Å². The Hall–Kier alpha value is -1.91. The number of aryl methyl sites for hydroxylation is 1. The predicted molar refractivity (Wildman–Crippen MR) is 73.4 cm³/mol. The molecule has 20 heavy (non-hydrogen) atoms.